The van der Waals surface area contributed by atoms with Gasteiger partial charge in [-0.3, -0.25) is 0 Å². The monoisotopic (exact) mass is 252 g/mol. The molecule has 0 saturated carbocycles. The van der Waals surface area contributed by atoms with Crippen LogP contribution in [0, 0.1) is 12.7 Å². The van der Waals surface area contributed by atoms with Crippen molar-refractivity contribution in [2.45, 2.75) is 13.0 Å². The van der Waals surface area contributed by atoms with E-state index >= 15 is 0 Å². The average Bonchev–Trinajstić information content (AvgIpc) is 2.80. The highest BCUT2D eigenvalue weighted by Crippen LogP contribution is 2.31. The number of hydrogen-bond acceptors (Lipinski definition) is 3. The van der Waals surface area contributed by atoms with Crippen molar-refractivity contribution in [1.29, 1.82) is 0 Å². The summed E-state index contributed by atoms with van der Waals surface area (Å²) in [4.78, 5) is 0.741. The van der Waals surface area contributed by atoms with Crippen LogP contribution < -0.4 is 4.74 Å². The molecule has 1 aromatic carbocycles. The van der Waals surface area contributed by atoms with Crippen LogP contribution in [-0.4, -0.2) is 12.2 Å². The summed E-state index contributed by atoms with van der Waals surface area (Å²) in [5.41, 5.74) is 1.13. The van der Waals surface area contributed by atoms with Gasteiger partial charge < -0.3 is 9.84 Å². The average molecular weight is 252 g/mol. The fraction of sp³-hybridized carbons (Fsp3) is 0.231. The van der Waals surface area contributed by atoms with Crippen molar-refractivity contribution in [3.05, 3.63) is 51.5 Å². The molecule has 2 rings (SSSR count). The number of thiophene rings is 1. The van der Waals surface area contributed by atoms with E-state index in [0.29, 0.717) is 16.9 Å². The molecule has 2 nitrogen and oxygen atoms in total. The summed E-state index contributed by atoms with van der Waals surface area (Å²) in [5.74, 6) is 0.404. The highest BCUT2D eigenvalue weighted by molar-refractivity contribution is 7.10. The minimum absolute atomic E-state index is 0.301. The lowest BCUT2D eigenvalue weighted by molar-refractivity contribution is 0.223. The lowest BCUT2D eigenvalue weighted by Gasteiger charge is -2.09. The van der Waals surface area contributed by atoms with Crippen molar-refractivity contribution in [1.82, 2.24) is 0 Å². The van der Waals surface area contributed by atoms with Crippen LogP contribution in [0.5, 0.6) is 5.75 Å². The number of halogens is 1. The molecule has 1 atom stereocenters. The Morgan fingerprint density at radius 1 is 1.35 bits per heavy atom. The summed E-state index contributed by atoms with van der Waals surface area (Å²) >= 11 is 1.39. The molecule has 0 spiro atoms. The topological polar surface area (TPSA) is 29.5 Å². The zero-order valence-electron chi connectivity index (χ0n) is 9.61. The fourth-order valence-electron chi connectivity index (χ4n) is 1.53. The molecule has 1 N–H and O–H groups in total. The number of rotatable bonds is 3. The molecule has 0 amide bonds. The predicted molar refractivity (Wildman–Crippen MR) is 66.1 cm³/mol. The second-order valence-electron chi connectivity index (χ2n) is 3.80. The number of aryl methyl sites for hydroxylation is 1. The van der Waals surface area contributed by atoms with Crippen molar-refractivity contribution in [2.75, 3.05) is 7.11 Å². The van der Waals surface area contributed by atoms with E-state index in [9.17, 15) is 9.50 Å². The summed E-state index contributed by atoms with van der Waals surface area (Å²) in [7, 11) is 1.57. The molecule has 1 heterocycles. The molecule has 90 valence electrons. The first-order chi connectivity index (χ1) is 8.11. The largest absolute Gasteiger partial charge is 0.496 e. The van der Waals surface area contributed by atoms with Crippen molar-refractivity contribution in [3.63, 3.8) is 0 Å². The van der Waals surface area contributed by atoms with Crippen LogP contribution in [0.4, 0.5) is 4.39 Å². The summed E-state index contributed by atoms with van der Waals surface area (Å²) in [6, 6.07) is 6.52. The van der Waals surface area contributed by atoms with Gasteiger partial charge in [-0.05, 0) is 30.2 Å². The van der Waals surface area contributed by atoms with Gasteiger partial charge in [0, 0.05) is 10.3 Å². The van der Waals surface area contributed by atoms with Crippen LogP contribution >= 0.6 is 11.3 Å². The first kappa shape index (κ1) is 12.1. The molecule has 0 fully saturated rings. The fourth-order valence-corrected chi connectivity index (χ4v) is 2.39. The lowest BCUT2D eigenvalue weighted by Crippen LogP contribution is -1.98. The van der Waals surface area contributed by atoms with Crippen molar-refractivity contribution in [2.24, 2.45) is 0 Å². The van der Waals surface area contributed by atoms with Gasteiger partial charge in [-0.1, -0.05) is 12.1 Å². The molecule has 2 aromatic rings. The molecule has 0 aliphatic rings. The molecule has 0 bridgehead atoms. The third-order valence-electron chi connectivity index (χ3n) is 2.61. The van der Waals surface area contributed by atoms with Gasteiger partial charge in [-0.25, -0.2) is 4.39 Å². The Morgan fingerprint density at radius 2 is 2.12 bits per heavy atom. The Balaban J connectivity index is 2.29. The first-order valence-corrected chi connectivity index (χ1v) is 6.06. The van der Waals surface area contributed by atoms with E-state index in [-0.39, 0.29) is 5.82 Å². The van der Waals surface area contributed by atoms with Gasteiger partial charge in [0.25, 0.3) is 0 Å². The quantitative estimate of drug-likeness (QED) is 0.908. The van der Waals surface area contributed by atoms with Crippen LogP contribution in [0.1, 0.15) is 22.1 Å². The molecule has 1 unspecified atom stereocenters. The van der Waals surface area contributed by atoms with Crippen molar-refractivity contribution >= 4 is 11.3 Å². The lowest BCUT2D eigenvalue weighted by atomic mass is 10.1. The number of aliphatic hydroxyl groups is 1. The summed E-state index contributed by atoms with van der Waals surface area (Å²) in [6.07, 6.45) is -0.806. The van der Waals surface area contributed by atoms with Crippen molar-refractivity contribution < 1.29 is 14.2 Å². The zero-order valence-corrected chi connectivity index (χ0v) is 10.4. The Kier molecular flexibility index (Phi) is 3.45. The minimum Gasteiger partial charge on any atom is -0.496 e. The van der Waals surface area contributed by atoms with Crippen LogP contribution in [0.15, 0.2) is 29.6 Å². The summed E-state index contributed by atoms with van der Waals surface area (Å²) in [5, 5.41) is 11.9. The van der Waals surface area contributed by atoms with Crippen LogP contribution in [0.25, 0.3) is 0 Å². The molecule has 17 heavy (non-hydrogen) atoms. The highest BCUT2D eigenvalue weighted by atomic mass is 32.1. The maximum absolute atomic E-state index is 13.4. The maximum Gasteiger partial charge on any atom is 0.129 e. The third-order valence-corrected chi connectivity index (χ3v) is 3.58. The third kappa shape index (κ3) is 2.48. The van der Waals surface area contributed by atoms with E-state index in [4.69, 9.17) is 4.74 Å². The number of ether oxygens (including phenoxy) is 1. The van der Waals surface area contributed by atoms with Gasteiger partial charge in [-0.15, -0.1) is 11.3 Å². The predicted octanol–water partition coefficient (Wildman–Crippen LogP) is 3.29. The van der Waals surface area contributed by atoms with Gasteiger partial charge in [0.05, 0.1) is 7.11 Å². The Hall–Kier alpha value is -1.39. The molecule has 1 aromatic heterocycles. The normalized spacial score (nSPS) is 12.5. The molecule has 0 radical (unpaired) electrons. The van der Waals surface area contributed by atoms with Gasteiger partial charge in [0.1, 0.15) is 17.7 Å². The molecule has 0 aliphatic carbocycles. The van der Waals surface area contributed by atoms with Gasteiger partial charge >= 0.3 is 0 Å². The summed E-state index contributed by atoms with van der Waals surface area (Å²) < 4.78 is 18.4. The number of hydrogen-bond donors (Lipinski definition) is 1. The Bertz CT molecular complexity index is 522. The smallest absolute Gasteiger partial charge is 0.129 e. The van der Waals surface area contributed by atoms with Crippen molar-refractivity contribution in [3.8, 4) is 5.75 Å². The van der Waals surface area contributed by atoms with E-state index in [0.717, 1.165) is 4.88 Å². The van der Waals surface area contributed by atoms with Crippen LogP contribution in [0.3, 0.4) is 0 Å². The zero-order chi connectivity index (χ0) is 12.4. The SMILES string of the molecule is COc1csc(C(O)c2ccc(C)c(F)c2)c1. The highest BCUT2D eigenvalue weighted by Gasteiger charge is 2.14. The molecule has 4 heteroatoms. The van der Waals surface area contributed by atoms with E-state index in [1.54, 1.807) is 32.2 Å². The maximum atomic E-state index is 13.4. The van der Waals surface area contributed by atoms with Gasteiger partial charge in [-0.2, -0.15) is 0 Å². The van der Waals surface area contributed by atoms with Gasteiger partial charge in [0.15, 0.2) is 0 Å². The molecule has 0 saturated heterocycles. The number of methoxy groups -OCH3 is 1. The van der Waals surface area contributed by atoms with E-state index < -0.39 is 6.10 Å². The van der Waals surface area contributed by atoms with E-state index in [2.05, 4.69) is 0 Å². The van der Waals surface area contributed by atoms with E-state index in [1.165, 1.54) is 17.4 Å². The van der Waals surface area contributed by atoms with E-state index in [1.807, 2.05) is 5.38 Å². The number of benzene rings is 1. The first-order valence-electron chi connectivity index (χ1n) is 5.18. The Morgan fingerprint density at radius 3 is 2.71 bits per heavy atom. The van der Waals surface area contributed by atoms with Crippen LogP contribution in [0.2, 0.25) is 0 Å². The standard InChI is InChI=1S/C13H13FO2S/c1-8-3-4-9(5-11(8)14)13(15)12-6-10(16-2)7-17-12/h3-7,13,15H,1-2H3. The minimum atomic E-state index is -0.806. The molecular weight excluding hydrogens is 239 g/mol. The van der Waals surface area contributed by atoms with Crippen LogP contribution in [-0.2, 0) is 0 Å². The molecule has 0 aliphatic heterocycles. The van der Waals surface area contributed by atoms with Gasteiger partial charge in [0.2, 0.25) is 0 Å². The molecular formula is C13H13FO2S. The Labute approximate surface area is 103 Å². The number of aliphatic hydroxyl groups excluding tert-OH is 1. The summed E-state index contributed by atoms with van der Waals surface area (Å²) in [6.45, 7) is 1.69. The second kappa shape index (κ2) is 4.85. The second-order valence-corrected chi connectivity index (χ2v) is 4.74.